The third kappa shape index (κ3) is 4.45. The molecule has 4 aromatic rings. The van der Waals surface area contributed by atoms with E-state index in [1.165, 1.54) is 22.4 Å². The molecule has 0 bridgehead atoms. The molecule has 0 amide bonds. The van der Waals surface area contributed by atoms with E-state index in [0.717, 1.165) is 54.4 Å². The molecule has 1 aromatic heterocycles. The van der Waals surface area contributed by atoms with Crippen molar-refractivity contribution in [3.63, 3.8) is 0 Å². The van der Waals surface area contributed by atoms with Crippen molar-refractivity contribution < 1.29 is 14.0 Å². The molecule has 4 nitrogen and oxygen atoms in total. The van der Waals surface area contributed by atoms with E-state index in [-0.39, 0.29) is 5.41 Å². The molecule has 0 saturated carbocycles. The molecule has 0 fully saturated rings. The number of nitrogens with zero attached hydrogens (tertiary/aromatic N) is 2. The van der Waals surface area contributed by atoms with E-state index in [4.69, 9.17) is 9.47 Å². The van der Waals surface area contributed by atoms with Gasteiger partial charge >= 0.3 is 0 Å². The zero-order valence-electron chi connectivity index (χ0n) is 22.9. The molecule has 194 valence electrons. The molecule has 3 aromatic carbocycles. The van der Waals surface area contributed by atoms with Crippen LogP contribution in [0.3, 0.4) is 0 Å². The van der Waals surface area contributed by atoms with Gasteiger partial charge in [-0.25, -0.2) is 0 Å². The summed E-state index contributed by atoms with van der Waals surface area (Å²) in [5, 5.41) is 0. The van der Waals surface area contributed by atoms with Gasteiger partial charge in [-0.15, -0.1) is 0 Å². The van der Waals surface area contributed by atoms with Crippen molar-refractivity contribution in [1.82, 2.24) is 0 Å². The van der Waals surface area contributed by atoms with Gasteiger partial charge in [0.1, 0.15) is 11.5 Å². The number of pyridine rings is 1. The van der Waals surface area contributed by atoms with Crippen molar-refractivity contribution in [2.24, 2.45) is 0 Å². The minimum absolute atomic E-state index is 0.0893. The lowest BCUT2D eigenvalue weighted by Crippen LogP contribution is -2.51. The lowest BCUT2D eigenvalue weighted by Gasteiger charge is -2.38. The molecule has 0 aliphatic carbocycles. The van der Waals surface area contributed by atoms with Crippen LogP contribution in [-0.4, -0.2) is 14.2 Å². The molecule has 0 radical (unpaired) electrons. The molecule has 4 heteroatoms. The Kier molecular flexibility index (Phi) is 7.24. The highest BCUT2D eigenvalue weighted by Crippen LogP contribution is 2.47. The Morgan fingerprint density at radius 3 is 2.00 bits per heavy atom. The standard InChI is InChI=1S/C34H37N2O2/c1-6-10-25(3)34(7-2)24-35-22-9-8-11-33(35)31-23-28(16-21-32(31)34)36(26-12-17-29(37-4)18-13-26)27-14-19-30(38-5)20-15-27/h8-9,11-23H,3,6-7,10,24H2,1-2,4-5H3/q+1. The average molecular weight is 506 g/mol. The van der Waals surface area contributed by atoms with Gasteiger partial charge in [-0.3, -0.25) is 0 Å². The summed E-state index contributed by atoms with van der Waals surface area (Å²) in [4.78, 5) is 2.29. The summed E-state index contributed by atoms with van der Waals surface area (Å²) in [7, 11) is 3.39. The topological polar surface area (TPSA) is 25.6 Å². The summed E-state index contributed by atoms with van der Waals surface area (Å²) < 4.78 is 13.3. The van der Waals surface area contributed by atoms with Crippen molar-refractivity contribution in [3.8, 4) is 22.8 Å². The number of fused-ring (bicyclic) bond motifs is 3. The van der Waals surface area contributed by atoms with Crippen LogP contribution < -0.4 is 18.9 Å². The Hall–Kier alpha value is -4.05. The van der Waals surface area contributed by atoms with Crippen molar-refractivity contribution in [2.75, 3.05) is 19.1 Å². The number of methoxy groups -OCH3 is 2. The fourth-order valence-corrected chi connectivity index (χ4v) is 5.84. The molecule has 1 atom stereocenters. The number of aromatic nitrogens is 1. The molecule has 0 spiro atoms. The monoisotopic (exact) mass is 505 g/mol. The van der Waals surface area contributed by atoms with Crippen LogP contribution in [0.4, 0.5) is 17.1 Å². The maximum Gasteiger partial charge on any atom is 0.212 e. The van der Waals surface area contributed by atoms with Gasteiger partial charge in [-0.1, -0.05) is 38.5 Å². The minimum atomic E-state index is -0.0893. The Bertz CT molecular complexity index is 1380. The van der Waals surface area contributed by atoms with Crippen LogP contribution in [-0.2, 0) is 12.0 Å². The highest BCUT2D eigenvalue weighted by molar-refractivity contribution is 5.81. The van der Waals surface area contributed by atoms with Crippen molar-refractivity contribution in [3.05, 3.63) is 109 Å². The van der Waals surface area contributed by atoms with Gasteiger partial charge in [-0.05, 0) is 85.1 Å². The molecular formula is C34H37N2O2+. The second kappa shape index (κ2) is 10.7. The third-order valence-electron chi connectivity index (χ3n) is 7.93. The molecular weight excluding hydrogens is 468 g/mol. The first kappa shape index (κ1) is 25.6. The van der Waals surface area contributed by atoms with E-state index in [1.807, 2.05) is 24.3 Å². The van der Waals surface area contributed by atoms with E-state index < -0.39 is 0 Å². The van der Waals surface area contributed by atoms with Gasteiger partial charge in [0.05, 0.1) is 25.2 Å². The van der Waals surface area contributed by atoms with Crippen LogP contribution in [0.1, 0.15) is 38.7 Å². The first-order valence-corrected chi connectivity index (χ1v) is 13.4. The summed E-state index contributed by atoms with van der Waals surface area (Å²) in [6, 6.07) is 29.9. The van der Waals surface area contributed by atoms with Crippen LogP contribution in [0, 0.1) is 0 Å². The molecule has 1 unspecified atom stereocenters. The van der Waals surface area contributed by atoms with Crippen molar-refractivity contribution >= 4 is 17.1 Å². The summed E-state index contributed by atoms with van der Waals surface area (Å²) in [5.41, 5.74) is 8.33. The Morgan fingerprint density at radius 1 is 0.842 bits per heavy atom. The lowest BCUT2D eigenvalue weighted by molar-refractivity contribution is -0.695. The summed E-state index contributed by atoms with van der Waals surface area (Å²) >= 11 is 0. The number of allylic oxidation sites excluding steroid dienone is 1. The number of hydrogen-bond acceptors (Lipinski definition) is 3. The maximum atomic E-state index is 5.44. The normalized spacial score (nSPS) is 15.8. The van der Waals surface area contributed by atoms with Crippen LogP contribution in [0.25, 0.3) is 11.3 Å². The number of rotatable bonds is 9. The second-order valence-electron chi connectivity index (χ2n) is 9.96. The molecule has 2 heterocycles. The first-order valence-electron chi connectivity index (χ1n) is 13.4. The van der Waals surface area contributed by atoms with Gasteiger partial charge < -0.3 is 14.4 Å². The van der Waals surface area contributed by atoms with Crippen LogP contribution in [0.5, 0.6) is 11.5 Å². The smallest absolute Gasteiger partial charge is 0.212 e. The molecule has 38 heavy (non-hydrogen) atoms. The van der Waals surface area contributed by atoms with Gasteiger partial charge in [0.2, 0.25) is 5.69 Å². The maximum absolute atomic E-state index is 5.44. The highest BCUT2D eigenvalue weighted by Gasteiger charge is 2.44. The third-order valence-corrected chi connectivity index (χ3v) is 7.93. The molecule has 1 aliphatic rings. The zero-order chi connectivity index (χ0) is 26.7. The van der Waals surface area contributed by atoms with E-state index in [2.05, 4.69) is 96.8 Å². The Balaban J connectivity index is 1.71. The predicted molar refractivity (Wildman–Crippen MR) is 156 cm³/mol. The van der Waals surface area contributed by atoms with Gasteiger partial charge in [-0.2, -0.15) is 4.57 Å². The molecule has 5 rings (SSSR count). The molecule has 0 N–H and O–H groups in total. The summed E-state index contributed by atoms with van der Waals surface area (Å²) in [6.07, 6.45) is 5.35. The highest BCUT2D eigenvalue weighted by atomic mass is 16.5. The SMILES string of the molecule is C=C(CCC)C1(CC)C[n+]2ccccc2-c2cc(N(c3ccc(OC)cc3)c3ccc(OC)cc3)ccc21. The zero-order valence-corrected chi connectivity index (χ0v) is 22.9. The first-order chi connectivity index (χ1) is 18.5. The van der Waals surface area contributed by atoms with Gasteiger partial charge in [0.15, 0.2) is 12.7 Å². The van der Waals surface area contributed by atoms with Crippen LogP contribution >= 0.6 is 0 Å². The molecule has 0 saturated heterocycles. The number of anilines is 3. The lowest BCUT2D eigenvalue weighted by atomic mass is 9.67. The second-order valence-corrected chi connectivity index (χ2v) is 9.96. The Labute approximate surface area is 226 Å². The summed E-state index contributed by atoms with van der Waals surface area (Å²) in [6.45, 7) is 10.1. The van der Waals surface area contributed by atoms with Crippen LogP contribution in [0.2, 0.25) is 0 Å². The predicted octanol–water partition coefficient (Wildman–Crippen LogP) is 8.15. The van der Waals surface area contributed by atoms with Crippen molar-refractivity contribution in [2.45, 2.75) is 45.1 Å². The number of benzene rings is 3. The Morgan fingerprint density at radius 2 is 1.45 bits per heavy atom. The van der Waals surface area contributed by atoms with Crippen molar-refractivity contribution in [1.29, 1.82) is 0 Å². The van der Waals surface area contributed by atoms with Crippen LogP contribution in [0.15, 0.2) is 103 Å². The number of hydrogen-bond donors (Lipinski definition) is 0. The number of ether oxygens (including phenoxy) is 2. The minimum Gasteiger partial charge on any atom is -0.497 e. The van der Waals surface area contributed by atoms with Gasteiger partial charge in [0.25, 0.3) is 0 Å². The van der Waals surface area contributed by atoms with E-state index in [9.17, 15) is 0 Å². The largest absolute Gasteiger partial charge is 0.497 e. The van der Waals surface area contributed by atoms with Gasteiger partial charge in [0, 0.05) is 29.2 Å². The van der Waals surface area contributed by atoms with E-state index in [0.29, 0.717) is 0 Å². The average Bonchev–Trinajstić information content (AvgIpc) is 2.97. The fraction of sp³-hybridized carbons (Fsp3) is 0.265. The van der Waals surface area contributed by atoms with E-state index >= 15 is 0 Å². The molecule has 1 aliphatic heterocycles. The quantitative estimate of drug-likeness (QED) is 0.170. The fourth-order valence-electron chi connectivity index (χ4n) is 5.84. The summed E-state index contributed by atoms with van der Waals surface area (Å²) in [5.74, 6) is 1.67. The van der Waals surface area contributed by atoms with E-state index in [1.54, 1.807) is 14.2 Å².